The molecule has 186 valence electrons. The highest BCUT2D eigenvalue weighted by atomic mass is 32.2. The first-order valence-electron chi connectivity index (χ1n) is 11.8. The molecule has 5 rings (SSSR count). The number of benzene rings is 3. The van der Waals surface area contributed by atoms with Crippen molar-refractivity contribution in [3.8, 4) is 0 Å². The number of amides is 1. The van der Waals surface area contributed by atoms with Crippen LogP contribution in [-0.4, -0.2) is 56.8 Å². The molecule has 0 spiro atoms. The summed E-state index contributed by atoms with van der Waals surface area (Å²) < 4.78 is 41.8. The van der Waals surface area contributed by atoms with E-state index in [0.717, 1.165) is 24.2 Å². The summed E-state index contributed by atoms with van der Waals surface area (Å²) in [6.07, 6.45) is 3.83. The first-order valence-corrected chi connectivity index (χ1v) is 13.3. The highest BCUT2D eigenvalue weighted by Crippen LogP contribution is 2.30. The fourth-order valence-electron chi connectivity index (χ4n) is 4.48. The Kier molecular flexibility index (Phi) is 6.75. The number of carbonyl (C=O) groups excluding carboxylic acids is 1. The molecule has 0 aromatic heterocycles. The van der Waals surface area contributed by atoms with Gasteiger partial charge in [-0.2, -0.15) is 0 Å². The van der Waals surface area contributed by atoms with Gasteiger partial charge in [-0.15, -0.1) is 0 Å². The molecule has 2 heterocycles. The van der Waals surface area contributed by atoms with Crippen molar-refractivity contribution in [1.82, 2.24) is 9.80 Å². The fourth-order valence-corrected chi connectivity index (χ4v) is 5.75. The molecule has 0 radical (unpaired) electrons. The Morgan fingerprint density at radius 2 is 1.67 bits per heavy atom. The molecule has 1 saturated heterocycles. The van der Waals surface area contributed by atoms with E-state index in [4.69, 9.17) is 0 Å². The van der Waals surface area contributed by atoms with Gasteiger partial charge < -0.3 is 10.2 Å². The van der Waals surface area contributed by atoms with E-state index in [0.29, 0.717) is 43.1 Å². The predicted octanol–water partition coefficient (Wildman–Crippen LogP) is 4.02. The van der Waals surface area contributed by atoms with Crippen LogP contribution in [0.2, 0.25) is 0 Å². The summed E-state index contributed by atoms with van der Waals surface area (Å²) in [7, 11) is -3.81. The lowest BCUT2D eigenvalue weighted by Crippen LogP contribution is -2.48. The number of rotatable bonds is 6. The van der Waals surface area contributed by atoms with E-state index in [-0.39, 0.29) is 16.6 Å². The van der Waals surface area contributed by atoms with Crippen molar-refractivity contribution in [2.24, 2.45) is 0 Å². The molecule has 0 aliphatic carbocycles. The number of para-hydroxylation sites is 1. The molecular weight excluding hydrogens is 479 g/mol. The zero-order chi connectivity index (χ0) is 25.1. The molecule has 0 saturated carbocycles. The van der Waals surface area contributed by atoms with Crippen molar-refractivity contribution >= 4 is 33.4 Å². The molecule has 2 N–H and O–H groups in total. The topological polar surface area (TPSA) is 81.7 Å². The molecule has 3 aromatic rings. The minimum Gasteiger partial charge on any atom is -0.380 e. The smallest absolute Gasteiger partial charge is 0.263 e. The normalized spacial score (nSPS) is 15.8. The van der Waals surface area contributed by atoms with Crippen LogP contribution in [0.1, 0.15) is 21.5 Å². The minimum atomic E-state index is -3.81. The van der Waals surface area contributed by atoms with Crippen LogP contribution in [0, 0.1) is 5.82 Å². The van der Waals surface area contributed by atoms with Gasteiger partial charge in [-0.05, 0) is 53.6 Å². The maximum atomic E-state index is 13.1. The second kappa shape index (κ2) is 10.1. The number of fused-ring (bicyclic) bond motifs is 1. The Bertz CT molecular complexity index is 1380. The lowest BCUT2D eigenvalue weighted by molar-refractivity contribution is 0.0628. The van der Waals surface area contributed by atoms with Gasteiger partial charge in [0.25, 0.3) is 15.9 Å². The lowest BCUT2D eigenvalue weighted by Gasteiger charge is -2.34. The molecule has 1 amide bonds. The van der Waals surface area contributed by atoms with E-state index in [9.17, 15) is 17.6 Å². The maximum absolute atomic E-state index is 13.1. The monoisotopic (exact) mass is 506 g/mol. The largest absolute Gasteiger partial charge is 0.380 e. The van der Waals surface area contributed by atoms with Crippen LogP contribution in [0.25, 0.3) is 6.08 Å². The number of nitrogens with zero attached hydrogens (tertiary/aromatic N) is 2. The Hall–Kier alpha value is -3.69. The van der Waals surface area contributed by atoms with Gasteiger partial charge in [0.15, 0.2) is 0 Å². The van der Waals surface area contributed by atoms with E-state index in [1.165, 1.54) is 12.1 Å². The Morgan fingerprint density at radius 1 is 0.944 bits per heavy atom. The second-order valence-electron chi connectivity index (χ2n) is 8.88. The van der Waals surface area contributed by atoms with Gasteiger partial charge in [-0.25, -0.2) is 12.8 Å². The highest BCUT2D eigenvalue weighted by Gasteiger charge is 2.24. The Labute approximate surface area is 210 Å². The van der Waals surface area contributed by atoms with Gasteiger partial charge >= 0.3 is 0 Å². The van der Waals surface area contributed by atoms with E-state index in [1.54, 1.807) is 53.4 Å². The summed E-state index contributed by atoms with van der Waals surface area (Å²) in [6.45, 7) is 3.92. The van der Waals surface area contributed by atoms with Crippen LogP contribution < -0.4 is 10.0 Å². The Morgan fingerprint density at radius 3 is 2.39 bits per heavy atom. The standard InChI is InChI=1S/C27H27FN4O3S/c28-23-10-6-20(7-11-23)19-31-15-17-32(18-16-31)27(33)22-8-12-24(13-9-22)30-36(34,35)25-5-1-3-21-4-2-14-29-26(21)25/h1-13,29-30H,14-19H2. The number of halogens is 1. The maximum Gasteiger partial charge on any atom is 0.263 e. The quantitative estimate of drug-likeness (QED) is 0.528. The third-order valence-corrected chi connectivity index (χ3v) is 7.83. The summed E-state index contributed by atoms with van der Waals surface area (Å²) in [6, 6.07) is 18.1. The highest BCUT2D eigenvalue weighted by molar-refractivity contribution is 7.92. The van der Waals surface area contributed by atoms with Gasteiger partial charge in [0.05, 0.1) is 5.69 Å². The number of sulfonamides is 1. The van der Waals surface area contributed by atoms with Gasteiger partial charge in [0.2, 0.25) is 0 Å². The average Bonchev–Trinajstić information content (AvgIpc) is 2.90. The first kappa shape index (κ1) is 24.0. The van der Waals surface area contributed by atoms with Crippen molar-refractivity contribution in [3.63, 3.8) is 0 Å². The first-order chi connectivity index (χ1) is 17.4. The number of piperazine rings is 1. The number of hydrogen-bond acceptors (Lipinski definition) is 5. The van der Waals surface area contributed by atoms with Crippen LogP contribution in [0.3, 0.4) is 0 Å². The zero-order valence-corrected chi connectivity index (χ0v) is 20.5. The molecule has 9 heteroatoms. The lowest BCUT2D eigenvalue weighted by atomic mass is 10.1. The average molecular weight is 507 g/mol. The molecule has 7 nitrogen and oxygen atoms in total. The predicted molar refractivity (Wildman–Crippen MR) is 139 cm³/mol. The second-order valence-corrected chi connectivity index (χ2v) is 10.5. The van der Waals surface area contributed by atoms with E-state index < -0.39 is 10.0 Å². The number of anilines is 2. The van der Waals surface area contributed by atoms with E-state index in [1.807, 2.05) is 18.2 Å². The molecular formula is C27H27FN4O3S. The molecule has 0 atom stereocenters. The van der Waals surface area contributed by atoms with Gasteiger partial charge in [-0.1, -0.05) is 36.4 Å². The van der Waals surface area contributed by atoms with E-state index >= 15 is 0 Å². The van der Waals surface area contributed by atoms with Gasteiger partial charge in [0, 0.05) is 50.5 Å². The molecule has 0 bridgehead atoms. The van der Waals surface area contributed by atoms with E-state index in [2.05, 4.69) is 14.9 Å². The summed E-state index contributed by atoms with van der Waals surface area (Å²) in [5.74, 6) is -0.333. The van der Waals surface area contributed by atoms with Crippen LogP contribution in [0.15, 0.2) is 77.7 Å². The third kappa shape index (κ3) is 5.27. The number of nitrogens with one attached hydrogen (secondary N) is 2. The zero-order valence-electron chi connectivity index (χ0n) is 19.7. The number of hydrogen-bond donors (Lipinski definition) is 2. The minimum absolute atomic E-state index is 0.0843. The summed E-state index contributed by atoms with van der Waals surface area (Å²) in [5, 5.41) is 3.13. The fraction of sp³-hybridized carbons (Fsp3) is 0.222. The molecule has 0 unspecified atom stereocenters. The number of carbonyl (C=O) groups is 1. The SMILES string of the molecule is O=C(c1ccc(NS(=O)(=O)c2cccc3c2NCC=C3)cc1)N1CCN(Cc2ccc(F)cc2)CC1. The summed E-state index contributed by atoms with van der Waals surface area (Å²) in [5.41, 5.74) is 3.34. The van der Waals surface area contributed by atoms with Crippen molar-refractivity contribution in [2.45, 2.75) is 11.4 Å². The van der Waals surface area contributed by atoms with Crippen LogP contribution in [0.4, 0.5) is 15.8 Å². The molecule has 3 aromatic carbocycles. The van der Waals surface area contributed by atoms with Crippen LogP contribution in [-0.2, 0) is 16.6 Å². The van der Waals surface area contributed by atoms with Crippen LogP contribution >= 0.6 is 0 Å². The van der Waals surface area contributed by atoms with Gasteiger partial charge in [0.1, 0.15) is 10.7 Å². The molecule has 36 heavy (non-hydrogen) atoms. The third-order valence-electron chi connectivity index (χ3n) is 6.41. The Balaban J connectivity index is 1.20. The molecule has 1 fully saturated rings. The van der Waals surface area contributed by atoms with Crippen molar-refractivity contribution in [2.75, 3.05) is 42.8 Å². The molecule has 2 aliphatic heterocycles. The summed E-state index contributed by atoms with van der Waals surface area (Å²) in [4.78, 5) is 17.2. The van der Waals surface area contributed by atoms with Gasteiger partial charge in [-0.3, -0.25) is 14.4 Å². The van der Waals surface area contributed by atoms with Crippen LogP contribution in [0.5, 0.6) is 0 Å². The van der Waals surface area contributed by atoms with Crippen molar-refractivity contribution < 1.29 is 17.6 Å². The molecule has 2 aliphatic rings. The van der Waals surface area contributed by atoms with Crippen molar-refractivity contribution in [1.29, 1.82) is 0 Å². The summed E-state index contributed by atoms with van der Waals surface area (Å²) >= 11 is 0. The van der Waals surface area contributed by atoms with Crippen molar-refractivity contribution in [3.05, 3.63) is 95.3 Å².